The lowest BCUT2D eigenvalue weighted by Gasteiger charge is -2.07. The van der Waals surface area contributed by atoms with Crippen LogP contribution in [-0.4, -0.2) is 27.1 Å². The standard InChI is InChI=1S/C13H15N5O3/c1-17-9-14-8-12(17)6-7-15-13(19)16-10-2-4-11(5-3-10)18(20)21/h2-5,8-9H,6-7H2,1H3,(H2,15,16,19). The Morgan fingerprint density at radius 3 is 2.67 bits per heavy atom. The van der Waals surface area contributed by atoms with Gasteiger partial charge in [-0.05, 0) is 12.1 Å². The van der Waals surface area contributed by atoms with Crippen LogP contribution in [0.5, 0.6) is 0 Å². The summed E-state index contributed by atoms with van der Waals surface area (Å²) in [6.45, 7) is 0.471. The molecule has 1 aromatic heterocycles. The molecule has 110 valence electrons. The van der Waals surface area contributed by atoms with Crippen molar-refractivity contribution in [3.63, 3.8) is 0 Å². The first-order chi connectivity index (χ1) is 10.1. The first-order valence-corrected chi connectivity index (χ1v) is 6.31. The van der Waals surface area contributed by atoms with E-state index in [1.165, 1.54) is 24.3 Å². The van der Waals surface area contributed by atoms with Crippen LogP contribution >= 0.6 is 0 Å². The predicted molar refractivity (Wildman–Crippen MR) is 77.0 cm³/mol. The number of hydrogen-bond donors (Lipinski definition) is 2. The molecule has 2 amide bonds. The van der Waals surface area contributed by atoms with Crippen molar-refractivity contribution in [3.05, 3.63) is 52.6 Å². The monoisotopic (exact) mass is 289 g/mol. The minimum absolute atomic E-state index is 0.0165. The minimum Gasteiger partial charge on any atom is -0.338 e. The molecule has 21 heavy (non-hydrogen) atoms. The van der Waals surface area contributed by atoms with Crippen molar-refractivity contribution in [1.82, 2.24) is 14.9 Å². The van der Waals surface area contributed by atoms with Gasteiger partial charge in [-0.2, -0.15) is 0 Å². The topological polar surface area (TPSA) is 102 Å². The maximum Gasteiger partial charge on any atom is 0.319 e. The number of hydrogen-bond acceptors (Lipinski definition) is 4. The van der Waals surface area contributed by atoms with Gasteiger partial charge in [0.05, 0.1) is 11.3 Å². The zero-order valence-corrected chi connectivity index (χ0v) is 11.4. The lowest BCUT2D eigenvalue weighted by atomic mass is 10.3. The molecule has 8 heteroatoms. The van der Waals surface area contributed by atoms with Crippen LogP contribution in [0.1, 0.15) is 5.69 Å². The molecule has 0 spiro atoms. The number of nitrogens with zero attached hydrogens (tertiary/aromatic N) is 3. The van der Waals surface area contributed by atoms with Gasteiger partial charge < -0.3 is 15.2 Å². The average molecular weight is 289 g/mol. The summed E-state index contributed by atoms with van der Waals surface area (Å²) in [5.74, 6) is 0. The first-order valence-electron chi connectivity index (χ1n) is 6.31. The van der Waals surface area contributed by atoms with Crippen LogP contribution in [0.4, 0.5) is 16.2 Å². The van der Waals surface area contributed by atoms with Crippen LogP contribution in [0.3, 0.4) is 0 Å². The van der Waals surface area contributed by atoms with Crippen molar-refractivity contribution >= 4 is 17.4 Å². The van der Waals surface area contributed by atoms with E-state index in [1.54, 1.807) is 12.5 Å². The van der Waals surface area contributed by atoms with Crippen molar-refractivity contribution in [3.8, 4) is 0 Å². The molecule has 1 heterocycles. The third-order valence-corrected chi connectivity index (χ3v) is 2.92. The van der Waals surface area contributed by atoms with Gasteiger partial charge in [-0.25, -0.2) is 9.78 Å². The number of non-ortho nitro benzene ring substituents is 1. The molecule has 0 saturated heterocycles. The van der Waals surface area contributed by atoms with E-state index in [2.05, 4.69) is 15.6 Å². The number of benzene rings is 1. The SMILES string of the molecule is Cn1cncc1CCNC(=O)Nc1ccc([N+](=O)[O-])cc1. The normalized spacial score (nSPS) is 10.1. The Balaban J connectivity index is 1.79. The van der Waals surface area contributed by atoms with E-state index in [-0.39, 0.29) is 11.7 Å². The van der Waals surface area contributed by atoms with Crippen molar-refractivity contribution in [1.29, 1.82) is 0 Å². The Bertz CT molecular complexity index is 636. The maximum atomic E-state index is 11.7. The number of aromatic nitrogens is 2. The third-order valence-electron chi connectivity index (χ3n) is 2.92. The first kappa shape index (κ1) is 14.5. The zero-order chi connectivity index (χ0) is 15.2. The van der Waals surface area contributed by atoms with E-state index in [1.807, 2.05) is 11.6 Å². The Morgan fingerprint density at radius 2 is 2.10 bits per heavy atom. The fraction of sp³-hybridized carbons (Fsp3) is 0.231. The summed E-state index contributed by atoms with van der Waals surface area (Å²) >= 11 is 0. The molecule has 1 aromatic carbocycles. The molecule has 2 rings (SSSR count). The van der Waals surface area contributed by atoms with E-state index >= 15 is 0 Å². The van der Waals surface area contributed by atoms with Crippen LogP contribution in [0.25, 0.3) is 0 Å². The molecule has 0 atom stereocenters. The smallest absolute Gasteiger partial charge is 0.319 e. The molecule has 0 aliphatic heterocycles. The van der Waals surface area contributed by atoms with Gasteiger partial charge in [-0.1, -0.05) is 0 Å². The molecule has 0 saturated carbocycles. The molecule has 0 fully saturated rings. The number of imidazole rings is 1. The molecular weight excluding hydrogens is 274 g/mol. The molecule has 0 bridgehead atoms. The second kappa shape index (κ2) is 6.51. The van der Waals surface area contributed by atoms with Crippen molar-refractivity contribution in [2.45, 2.75) is 6.42 Å². The molecule has 0 aliphatic rings. The highest BCUT2D eigenvalue weighted by Gasteiger charge is 2.06. The van der Waals surface area contributed by atoms with Crippen molar-refractivity contribution in [2.24, 2.45) is 7.05 Å². The molecule has 8 nitrogen and oxygen atoms in total. The number of urea groups is 1. The van der Waals surface area contributed by atoms with Crippen LogP contribution < -0.4 is 10.6 Å². The quantitative estimate of drug-likeness (QED) is 0.646. The van der Waals surface area contributed by atoms with Gasteiger partial charge in [0.25, 0.3) is 5.69 Å². The van der Waals surface area contributed by atoms with Crippen LogP contribution in [0, 0.1) is 10.1 Å². The molecule has 0 aliphatic carbocycles. The molecule has 2 aromatic rings. The Morgan fingerprint density at radius 1 is 1.38 bits per heavy atom. The average Bonchev–Trinajstić information content (AvgIpc) is 2.85. The Kier molecular flexibility index (Phi) is 4.50. The van der Waals surface area contributed by atoms with Gasteiger partial charge in [0.15, 0.2) is 0 Å². The Hall–Kier alpha value is -2.90. The van der Waals surface area contributed by atoms with Gasteiger partial charge in [-0.15, -0.1) is 0 Å². The predicted octanol–water partition coefficient (Wildman–Crippen LogP) is 1.69. The Labute approximate surface area is 121 Å². The molecule has 0 radical (unpaired) electrons. The number of anilines is 1. The van der Waals surface area contributed by atoms with Gasteiger partial charge in [-0.3, -0.25) is 10.1 Å². The number of rotatable bonds is 5. The number of nitro benzene ring substituents is 1. The molecular formula is C13H15N5O3. The molecule has 2 N–H and O–H groups in total. The number of aryl methyl sites for hydroxylation is 1. The number of carbonyl (C=O) groups excluding carboxylic acids is 1. The lowest BCUT2D eigenvalue weighted by Crippen LogP contribution is -2.30. The zero-order valence-electron chi connectivity index (χ0n) is 11.4. The van der Waals surface area contributed by atoms with Gasteiger partial charge in [0, 0.05) is 49.7 Å². The highest BCUT2D eigenvalue weighted by Crippen LogP contribution is 2.15. The highest BCUT2D eigenvalue weighted by molar-refractivity contribution is 5.89. The summed E-state index contributed by atoms with van der Waals surface area (Å²) in [6, 6.07) is 5.29. The van der Waals surface area contributed by atoms with E-state index in [0.717, 1.165) is 5.69 Å². The highest BCUT2D eigenvalue weighted by atomic mass is 16.6. The summed E-state index contributed by atoms with van der Waals surface area (Å²) < 4.78 is 1.88. The maximum absolute atomic E-state index is 11.7. The minimum atomic E-state index is -0.488. The van der Waals surface area contributed by atoms with E-state index in [0.29, 0.717) is 18.7 Å². The van der Waals surface area contributed by atoms with Gasteiger partial charge in [0.1, 0.15) is 0 Å². The second-order valence-corrected chi connectivity index (χ2v) is 4.43. The van der Waals surface area contributed by atoms with Crippen LogP contribution in [0.2, 0.25) is 0 Å². The number of amides is 2. The van der Waals surface area contributed by atoms with Crippen molar-refractivity contribution < 1.29 is 9.72 Å². The van der Waals surface area contributed by atoms with Crippen LogP contribution in [0.15, 0.2) is 36.8 Å². The summed E-state index contributed by atoms with van der Waals surface area (Å²) in [6.07, 6.45) is 4.12. The summed E-state index contributed by atoms with van der Waals surface area (Å²) in [4.78, 5) is 25.7. The van der Waals surface area contributed by atoms with Gasteiger partial charge >= 0.3 is 6.03 Å². The van der Waals surface area contributed by atoms with Crippen molar-refractivity contribution in [2.75, 3.05) is 11.9 Å². The number of nitro groups is 1. The lowest BCUT2D eigenvalue weighted by molar-refractivity contribution is -0.384. The molecule has 0 unspecified atom stereocenters. The van der Waals surface area contributed by atoms with E-state index in [9.17, 15) is 14.9 Å². The summed E-state index contributed by atoms with van der Waals surface area (Å²) in [5.41, 5.74) is 1.50. The largest absolute Gasteiger partial charge is 0.338 e. The summed E-state index contributed by atoms with van der Waals surface area (Å²) in [7, 11) is 1.89. The fourth-order valence-corrected chi connectivity index (χ4v) is 1.77. The number of nitrogens with one attached hydrogen (secondary N) is 2. The second-order valence-electron chi connectivity index (χ2n) is 4.43. The van der Waals surface area contributed by atoms with Crippen LogP contribution in [-0.2, 0) is 13.5 Å². The third kappa shape index (κ3) is 4.03. The van der Waals surface area contributed by atoms with E-state index in [4.69, 9.17) is 0 Å². The number of carbonyl (C=O) groups is 1. The fourth-order valence-electron chi connectivity index (χ4n) is 1.77. The summed E-state index contributed by atoms with van der Waals surface area (Å²) in [5, 5.41) is 15.8. The van der Waals surface area contributed by atoms with Gasteiger partial charge in [0.2, 0.25) is 0 Å². The van der Waals surface area contributed by atoms with E-state index < -0.39 is 4.92 Å².